The SMILES string of the molecule is CC1(C)CC2=NNC(=O)c3cc(F)cc4[nH]c(c2c34)C1.NC(=O)O. The van der Waals surface area contributed by atoms with E-state index in [9.17, 15) is 9.18 Å². The van der Waals surface area contributed by atoms with Crippen molar-refractivity contribution in [2.45, 2.75) is 26.7 Å². The van der Waals surface area contributed by atoms with Gasteiger partial charge in [0.2, 0.25) is 0 Å². The van der Waals surface area contributed by atoms with Crippen molar-refractivity contribution in [1.29, 1.82) is 0 Å². The smallest absolute Gasteiger partial charge is 0.402 e. The van der Waals surface area contributed by atoms with Crippen LogP contribution in [0.3, 0.4) is 0 Å². The molecule has 2 aliphatic rings. The van der Waals surface area contributed by atoms with E-state index in [1.54, 1.807) is 0 Å². The Hall–Kier alpha value is -2.90. The molecule has 0 spiro atoms. The molecule has 2 aromatic rings. The van der Waals surface area contributed by atoms with E-state index in [1.807, 2.05) is 0 Å². The number of halogens is 1. The van der Waals surface area contributed by atoms with Gasteiger partial charge in [-0.1, -0.05) is 13.8 Å². The quantitative estimate of drug-likeness (QED) is 0.592. The lowest BCUT2D eigenvalue weighted by atomic mass is 9.75. The predicted octanol–water partition coefficient (Wildman–Crippen LogP) is 2.35. The number of hydrazone groups is 1. The van der Waals surface area contributed by atoms with E-state index in [0.717, 1.165) is 35.2 Å². The molecule has 0 saturated carbocycles. The molecule has 0 bridgehead atoms. The van der Waals surface area contributed by atoms with Gasteiger partial charge >= 0.3 is 6.09 Å². The van der Waals surface area contributed by atoms with Gasteiger partial charge in [0.1, 0.15) is 5.82 Å². The number of nitrogens with zero attached hydrogens (tertiary/aromatic N) is 1. The molecule has 0 radical (unpaired) electrons. The highest BCUT2D eigenvalue weighted by atomic mass is 19.1. The minimum absolute atomic E-state index is 0.0699. The van der Waals surface area contributed by atoms with E-state index in [-0.39, 0.29) is 11.3 Å². The van der Waals surface area contributed by atoms with E-state index >= 15 is 0 Å². The van der Waals surface area contributed by atoms with E-state index < -0.39 is 11.9 Å². The monoisotopic (exact) mass is 332 g/mol. The Kier molecular flexibility index (Phi) is 3.55. The third-order valence-electron chi connectivity index (χ3n) is 4.07. The van der Waals surface area contributed by atoms with Crippen molar-refractivity contribution in [2.75, 3.05) is 0 Å². The average molecular weight is 332 g/mol. The number of H-pyrrole nitrogens is 1. The fourth-order valence-electron chi connectivity index (χ4n) is 3.34. The van der Waals surface area contributed by atoms with Crippen molar-refractivity contribution in [3.63, 3.8) is 0 Å². The van der Waals surface area contributed by atoms with Crippen molar-refractivity contribution in [2.24, 2.45) is 16.3 Å². The predicted molar refractivity (Wildman–Crippen MR) is 86.6 cm³/mol. The van der Waals surface area contributed by atoms with Gasteiger partial charge in [-0.25, -0.2) is 14.6 Å². The van der Waals surface area contributed by atoms with Crippen LogP contribution >= 0.6 is 0 Å². The zero-order chi connectivity index (χ0) is 17.6. The normalized spacial score (nSPS) is 17.3. The van der Waals surface area contributed by atoms with Crippen molar-refractivity contribution < 1.29 is 19.1 Å². The summed E-state index contributed by atoms with van der Waals surface area (Å²) in [6, 6.07) is 2.73. The second-order valence-electron chi connectivity index (χ2n) is 6.71. The molecule has 7 nitrogen and oxygen atoms in total. The van der Waals surface area contributed by atoms with E-state index in [0.29, 0.717) is 11.1 Å². The van der Waals surface area contributed by atoms with E-state index in [1.165, 1.54) is 12.1 Å². The molecule has 1 aliphatic carbocycles. The number of amides is 2. The molecular weight excluding hydrogens is 315 g/mol. The standard InChI is InChI=1S/C15H14FN3O.CH3NO2/c1-15(2)5-10-13-11(6-15)18-19-14(20)8-3-7(16)4-9(17-10)12(8)13;2-1(3)4/h3-4,17H,5-6H2,1-2H3,(H,19,20);2H2,(H,3,4). The second-order valence-corrected chi connectivity index (χ2v) is 6.71. The van der Waals surface area contributed by atoms with Gasteiger partial charge in [-0.2, -0.15) is 5.10 Å². The maximum atomic E-state index is 13.7. The first-order valence-electron chi connectivity index (χ1n) is 7.38. The van der Waals surface area contributed by atoms with Gasteiger partial charge in [-0.05, 0) is 30.4 Å². The number of carboxylic acid groups (broad SMARTS) is 1. The first-order chi connectivity index (χ1) is 11.2. The molecule has 0 fully saturated rings. The van der Waals surface area contributed by atoms with Gasteiger partial charge in [0.15, 0.2) is 0 Å². The summed E-state index contributed by atoms with van der Waals surface area (Å²) < 4.78 is 13.7. The Balaban J connectivity index is 0.000000383. The fourth-order valence-corrected chi connectivity index (χ4v) is 3.34. The number of aromatic amines is 1. The minimum Gasteiger partial charge on any atom is -0.465 e. The third kappa shape index (κ3) is 2.70. The lowest BCUT2D eigenvalue weighted by Crippen LogP contribution is -2.28. The van der Waals surface area contributed by atoms with Crippen LogP contribution in [0.1, 0.15) is 41.9 Å². The summed E-state index contributed by atoms with van der Waals surface area (Å²) in [7, 11) is 0. The van der Waals surface area contributed by atoms with Crippen LogP contribution in [-0.2, 0) is 6.42 Å². The number of carbonyl (C=O) groups is 2. The molecular formula is C16H17FN4O3. The van der Waals surface area contributed by atoms with Gasteiger partial charge in [-0.15, -0.1) is 0 Å². The topological polar surface area (TPSA) is 121 Å². The number of rotatable bonds is 0. The molecule has 126 valence electrons. The van der Waals surface area contributed by atoms with Crippen LogP contribution in [-0.4, -0.2) is 27.8 Å². The molecule has 0 atom stereocenters. The minimum atomic E-state index is -1.33. The molecule has 0 unspecified atom stereocenters. The summed E-state index contributed by atoms with van der Waals surface area (Å²) in [5.74, 6) is -0.764. The molecule has 8 heteroatoms. The summed E-state index contributed by atoms with van der Waals surface area (Å²) in [6.45, 7) is 4.33. The highest BCUT2D eigenvalue weighted by Crippen LogP contribution is 2.40. The van der Waals surface area contributed by atoms with Crippen molar-refractivity contribution in [1.82, 2.24) is 10.4 Å². The van der Waals surface area contributed by atoms with E-state index in [4.69, 9.17) is 9.90 Å². The number of hydrogen-bond donors (Lipinski definition) is 4. The zero-order valence-corrected chi connectivity index (χ0v) is 13.2. The first-order valence-corrected chi connectivity index (χ1v) is 7.38. The van der Waals surface area contributed by atoms with Crippen molar-refractivity contribution in [3.8, 4) is 0 Å². The lowest BCUT2D eigenvalue weighted by Gasteiger charge is -2.30. The maximum Gasteiger partial charge on any atom is 0.402 e. The molecule has 0 saturated heterocycles. The molecule has 24 heavy (non-hydrogen) atoms. The summed E-state index contributed by atoms with van der Waals surface area (Å²) in [5, 5.41) is 12.2. The molecule has 2 heterocycles. The summed E-state index contributed by atoms with van der Waals surface area (Å²) in [6.07, 6.45) is 0.329. The van der Waals surface area contributed by atoms with Crippen LogP contribution in [0.4, 0.5) is 9.18 Å². The number of hydrogen-bond acceptors (Lipinski definition) is 3. The van der Waals surface area contributed by atoms with Gasteiger partial charge in [-0.3, -0.25) is 4.79 Å². The summed E-state index contributed by atoms with van der Waals surface area (Å²) >= 11 is 0. The number of nitrogens with one attached hydrogen (secondary N) is 2. The Labute approximate surface area is 136 Å². The van der Waals surface area contributed by atoms with Crippen LogP contribution in [0.15, 0.2) is 17.2 Å². The van der Waals surface area contributed by atoms with Gasteiger partial charge in [0.25, 0.3) is 5.91 Å². The largest absolute Gasteiger partial charge is 0.465 e. The third-order valence-corrected chi connectivity index (χ3v) is 4.07. The summed E-state index contributed by atoms with van der Waals surface area (Å²) in [5.41, 5.74) is 10.6. The Morgan fingerprint density at radius 3 is 2.71 bits per heavy atom. The Bertz CT molecular complexity index is 894. The fraction of sp³-hybridized carbons (Fsp3) is 0.312. The molecule has 2 amide bonds. The van der Waals surface area contributed by atoms with Gasteiger partial charge < -0.3 is 15.8 Å². The molecule has 1 aromatic heterocycles. The molecule has 1 aromatic carbocycles. The highest BCUT2D eigenvalue weighted by Gasteiger charge is 2.35. The zero-order valence-electron chi connectivity index (χ0n) is 13.2. The first kappa shape index (κ1) is 16.0. The van der Waals surface area contributed by atoms with Crippen molar-refractivity contribution in [3.05, 3.63) is 34.8 Å². The molecule has 5 N–H and O–H groups in total. The number of primary amides is 1. The molecule has 4 rings (SSSR count). The van der Waals surface area contributed by atoms with Gasteiger partial charge in [0.05, 0.1) is 16.8 Å². The second kappa shape index (κ2) is 5.33. The Morgan fingerprint density at radius 2 is 2.04 bits per heavy atom. The van der Waals surface area contributed by atoms with Crippen LogP contribution < -0.4 is 11.2 Å². The van der Waals surface area contributed by atoms with Crippen LogP contribution in [0.5, 0.6) is 0 Å². The Morgan fingerprint density at radius 1 is 1.38 bits per heavy atom. The number of nitrogens with two attached hydrogens (primary N) is 1. The average Bonchev–Trinajstić information content (AvgIpc) is 2.71. The molecule has 1 aliphatic heterocycles. The maximum absolute atomic E-state index is 13.7. The van der Waals surface area contributed by atoms with Crippen molar-refractivity contribution >= 4 is 28.6 Å². The van der Waals surface area contributed by atoms with E-state index in [2.05, 4.69) is 35.1 Å². The summed E-state index contributed by atoms with van der Waals surface area (Å²) in [4.78, 5) is 24.1. The van der Waals surface area contributed by atoms with Crippen LogP contribution in [0.25, 0.3) is 10.9 Å². The highest BCUT2D eigenvalue weighted by molar-refractivity contribution is 6.20. The lowest BCUT2D eigenvalue weighted by molar-refractivity contribution is 0.0956. The number of carbonyl (C=O) groups excluding carboxylic acids is 1. The van der Waals surface area contributed by atoms with Crippen LogP contribution in [0, 0.1) is 11.2 Å². The number of benzene rings is 1. The van der Waals surface area contributed by atoms with Gasteiger partial charge in [0, 0.05) is 16.6 Å². The van der Waals surface area contributed by atoms with Crippen LogP contribution in [0.2, 0.25) is 0 Å². The number of aromatic nitrogens is 1.